The summed E-state index contributed by atoms with van der Waals surface area (Å²) in [6.07, 6.45) is 9.46. The van der Waals surface area contributed by atoms with E-state index in [1.165, 1.54) is 0 Å². The molecule has 0 saturated heterocycles. The van der Waals surface area contributed by atoms with Crippen molar-refractivity contribution in [3.63, 3.8) is 0 Å². The lowest BCUT2D eigenvalue weighted by atomic mass is 10.3. The van der Waals surface area contributed by atoms with Gasteiger partial charge in [0.2, 0.25) is 0 Å². The minimum Gasteiger partial charge on any atom is -0.430 e. The number of terminal acetylenes is 2. The van der Waals surface area contributed by atoms with Crippen LogP contribution in [0.4, 0.5) is 4.79 Å². The minimum absolute atomic E-state index is 0.328. The largest absolute Gasteiger partial charge is 0.508 e. The van der Waals surface area contributed by atoms with Crippen molar-refractivity contribution in [2.45, 2.75) is 38.9 Å². The van der Waals surface area contributed by atoms with Crippen molar-refractivity contribution in [2.24, 2.45) is 0 Å². The van der Waals surface area contributed by atoms with Crippen molar-refractivity contribution < 1.29 is 14.3 Å². The van der Waals surface area contributed by atoms with Crippen molar-refractivity contribution in [3.05, 3.63) is 0 Å². The number of ether oxygens (including phenoxy) is 2. The summed E-state index contributed by atoms with van der Waals surface area (Å²) in [5.41, 5.74) is 0. The lowest BCUT2D eigenvalue weighted by Crippen LogP contribution is -2.20. The predicted molar refractivity (Wildman–Crippen MR) is 53.4 cm³/mol. The quantitative estimate of drug-likeness (QED) is 0.507. The average molecular weight is 194 g/mol. The summed E-state index contributed by atoms with van der Waals surface area (Å²) >= 11 is 0. The highest BCUT2D eigenvalue weighted by Gasteiger charge is 2.12. The second-order valence-corrected chi connectivity index (χ2v) is 2.92. The Morgan fingerprint density at radius 2 is 1.50 bits per heavy atom. The lowest BCUT2D eigenvalue weighted by Gasteiger charge is -2.13. The molecule has 0 aliphatic carbocycles. The first-order chi connectivity index (χ1) is 6.60. The third-order valence-electron chi connectivity index (χ3n) is 1.41. The van der Waals surface area contributed by atoms with Gasteiger partial charge in [-0.2, -0.15) is 0 Å². The van der Waals surface area contributed by atoms with Gasteiger partial charge in [0.25, 0.3) is 0 Å². The third-order valence-corrected chi connectivity index (χ3v) is 1.41. The monoisotopic (exact) mass is 194 g/mol. The van der Waals surface area contributed by atoms with Gasteiger partial charge in [-0.25, -0.2) is 4.79 Å². The van der Waals surface area contributed by atoms with Crippen molar-refractivity contribution in [3.8, 4) is 24.7 Å². The van der Waals surface area contributed by atoms with Gasteiger partial charge in [0.1, 0.15) is 12.2 Å². The van der Waals surface area contributed by atoms with E-state index < -0.39 is 6.16 Å². The fourth-order valence-corrected chi connectivity index (χ4v) is 0.772. The molecule has 0 aromatic heterocycles. The number of hydrogen-bond acceptors (Lipinski definition) is 3. The third kappa shape index (κ3) is 5.97. The Bertz CT molecular complexity index is 231. The molecule has 0 rings (SSSR count). The van der Waals surface area contributed by atoms with E-state index in [9.17, 15) is 4.79 Å². The summed E-state index contributed by atoms with van der Waals surface area (Å²) in [6.45, 7) is 3.40. The molecule has 0 spiro atoms. The van der Waals surface area contributed by atoms with Crippen LogP contribution in [0.2, 0.25) is 0 Å². The van der Waals surface area contributed by atoms with Gasteiger partial charge in [-0.15, -0.1) is 24.7 Å². The Balaban J connectivity index is 3.77. The molecule has 3 nitrogen and oxygen atoms in total. The molecule has 2 unspecified atom stereocenters. The molecule has 0 N–H and O–H groups in total. The van der Waals surface area contributed by atoms with Gasteiger partial charge in [-0.1, -0.05) is 0 Å². The van der Waals surface area contributed by atoms with E-state index >= 15 is 0 Å². The SMILES string of the molecule is C#CCC(C)OC(=O)OC(C)CC#C. The zero-order chi connectivity index (χ0) is 11.0. The second kappa shape index (κ2) is 6.86. The summed E-state index contributed by atoms with van der Waals surface area (Å²) in [6, 6.07) is 0. The molecule has 0 aromatic rings. The fraction of sp³-hybridized carbons (Fsp3) is 0.545. The fourth-order valence-electron chi connectivity index (χ4n) is 0.772. The Kier molecular flexibility index (Phi) is 6.07. The first-order valence-electron chi connectivity index (χ1n) is 4.34. The zero-order valence-electron chi connectivity index (χ0n) is 8.45. The summed E-state index contributed by atoms with van der Waals surface area (Å²) in [7, 11) is 0. The topological polar surface area (TPSA) is 35.5 Å². The van der Waals surface area contributed by atoms with Crippen LogP contribution < -0.4 is 0 Å². The van der Waals surface area contributed by atoms with Gasteiger partial charge in [-0.3, -0.25) is 0 Å². The molecule has 0 fully saturated rings. The van der Waals surface area contributed by atoms with Gasteiger partial charge in [0.05, 0.1) is 0 Å². The van der Waals surface area contributed by atoms with Crippen LogP contribution in [0.3, 0.4) is 0 Å². The Hall–Kier alpha value is -1.61. The highest BCUT2D eigenvalue weighted by atomic mass is 16.7. The average Bonchev–Trinajstić information content (AvgIpc) is 2.03. The maximum absolute atomic E-state index is 11.0. The molecule has 0 amide bonds. The minimum atomic E-state index is -0.726. The molecule has 0 radical (unpaired) electrons. The normalized spacial score (nSPS) is 13.1. The molecule has 0 aromatic carbocycles. The van der Waals surface area contributed by atoms with E-state index in [4.69, 9.17) is 22.3 Å². The van der Waals surface area contributed by atoms with E-state index in [0.717, 1.165) is 0 Å². The van der Waals surface area contributed by atoms with Crippen LogP contribution >= 0.6 is 0 Å². The molecule has 14 heavy (non-hydrogen) atoms. The molecule has 76 valence electrons. The van der Waals surface area contributed by atoms with Crippen LogP contribution in [0, 0.1) is 24.7 Å². The van der Waals surface area contributed by atoms with E-state index in [1.54, 1.807) is 13.8 Å². The van der Waals surface area contributed by atoms with Crippen molar-refractivity contribution in [2.75, 3.05) is 0 Å². The lowest BCUT2D eigenvalue weighted by molar-refractivity contribution is 0.0102. The molecular formula is C11H14O3. The van der Waals surface area contributed by atoms with Crippen LogP contribution in [-0.2, 0) is 9.47 Å². The number of rotatable bonds is 4. The van der Waals surface area contributed by atoms with Gasteiger partial charge >= 0.3 is 6.16 Å². The van der Waals surface area contributed by atoms with Gasteiger partial charge in [0, 0.05) is 12.8 Å². The maximum Gasteiger partial charge on any atom is 0.508 e. The summed E-state index contributed by atoms with van der Waals surface area (Å²) in [4.78, 5) is 11.0. The summed E-state index contributed by atoms with van der Waals surface area (Å²) in [5, 5.41) is 0. The molecule has 0 heterocycles. The van der Waals surface area contributed by atoms with Crippen LogP contribution in [0.25, 0.3) is 0 Å². The molecule has 0 aliphatic heterocycles. The van der Waals surface area contributed by atoms with E-state index in [-0.39, 0.29) is 12.2 Å². The van der Waals surface area contributed by atoms with Crippen molar-refractivity contribution in [1.29, 1.82) is 0 Å². The standard InChI is InChI=1S/C11H14O3/c1-5-7-9(3)13-11(12)14-10(4)8-6-2/h1-2,9-10H,7-8H2,3-4H3. The highest BCUT2D eigenvalue weighted by molar-refractivity contribution is 5.60. The maximum atomic E-state index is 11.0. The molecule has 3 heteroatoms. The number of carbonyl (C=O) groups is 1. The highest BCUT2D eigenvalue weighted by Crippen LogP contribution is 2.02. The molecule has 0 aliphatic rings. The van der Waals surface area contributed by atoms with Crippen LogP contribution in [-0.4, -0.2) is 18.4 Å². The smallest absolute Gasteiger partial charge is 0.430 e. The van der Waals surface area contributed by atoms with Gasteiger partial charge in [-0.05, 0) is 13.8 Å². The Morgan fingerprint density at radius 1 is 1.14 bits per heavy atom. The second-order valence-electron chi connectivity index (χ2n) is 2.92. The molecular weight excluding hydrogens is 180 g/mol. The molecule has 2 atom stereocenters. The van der Waals surface area contributed by atoms with Gasteiger partial charge < -0.3 is 9.47 Å². The van der Waals surface area contributed by atoms with E-state index in [2.05, 4.69) is 11.8 Å². The van der Waals surface area contributed by atoms with Crippen LogP contribution in [0.15, 0.2) is 0 Å². The van der Waals surface area contributed by atoms with Crippen molar-refractivity contribution in [1.82, 2.24) is 0 Å². The molecule has 0 bridgehead atoms. The summed E-state index contributed by atoms with van der Waals surface area (Å²) in [5.74, 6) is 4.77. The van der Waals surface area contributed by atoms with E-state index in [0.29, 0.717) is 12.8 Å². The first-order valence-corrected chi connectivity index (χ1v) is 4.34. The Morgan fingerprint density at radius 3 is 1.79 bits per heavy atom. The number of hydrogen-bond donors (Lipinski definition) is 0. The van der Waals surface area contributed by atoms with Crippen LogP contribution in [0.1, 0.15) is 26.7 Å². The van der Waals surface area contributed by atoms with Gasteiger partial charge in [0.15, 0.2) is 0 Å². The zero-order valence-corrected chi connectivity index (χ0v) is 8.45. The predicted octanol–water partition coefficient (Wildman–Crippen LogP) is 1.96. The number of carbonyl (C=O) groups excluding carboxylic acids is 1. The molecule has 0 saturated carbocycles. The van der Waals surface area contributed by atoms with Crippen molar-refractivity contribution >= 4 is 6.16 Å². The summed E-state index contributed by atoms with van der Waals surface area (Å²) < 4.78 is 9.67. The Labute approximate surface area is 84.8 Å². The van der Waals surface area contributed by atoms with Crippen LogP contribution in [0.5, 0.6) is 0 Å². The van der Waals surface area contributed by atoms with E-state index in [1.807, 2.05) is 0 Å². The first kappa shape index (κ1) is 12.4.